The molecule has 0 aliphatic carbocycles. The molecule has 0 saturated carbocycles. The van der Waals surface area contributed by atoms with Gasteiger partial charge in [0.2, 0.25) is 0 Å². The van der Waals surface area contributed by atoms with Crippen molar-refractivity contribution in [3.05, 3.63) is 199 Å². The minimum absolute atomic E-state index is 0. The Balaban J connectivity index is 0.00000422. The predicted octanol–water partition coefficient (Wildman–Crippen LogP) is 12.6. The van der Waals surface area contributed by atoms with Crippen molar-refractivity contribution in [2.24, 2.45) is 0 Å². The van der Waals surface area contributed by atoms with Gasteiger partial charge in [0.15, 0.2) is 0 Å². The molecule has 0 N–H and O–H groups in total. The Bertz CT molecular complexity index is 2840. The van der Waals surface area contributed by atoms with Crippen molar-refractivity contribution in [1.82, 2.24) is 9.55 Å². The summed E-state index contributed by atoms with van der Waals surface area (Å²) >= 11 is 0. The molecule has 3 heterocycles. The molecular weight excluding hydrogens is 876 g/mol. The Kier molecular flexibility index (Phi) is 9.39. The van der Waals surface area contributed by atoms with Crippen LogP contribution in [0, 0.1) is 12.1 Å². The van der Waals surface area contributed by atoms with E-state index in [1.165, 1.54) is 44.6 Å². The average molecular weight is 916 g/mol. The van der Waals surface area contributed by atoms with E-state index in [0.29, 0.717) is 0 Å². The Morgan fingerprint density at radius 2 is 1.19 bits per heavy atom. The summed E-state index contributed by atoms with van der Waals surface area (Å²) in [5, 5.41) is 2.33. The fourth-order valence-corrected chi connectivity index (χ4v) is 8.48. The van der Waals surface area contributed by atoms with Crippen LogP contribution in [0.15, 0.2) is 176 Å². The molecule has 7 aromatic carbocycles. The summed E-state index contributed by atoms with van der Waals surface area (Å²) in [6.45, 7) is 5.34. The van der Waals surface area contributed by atoms with Gasteiger partial charge in [0.05, 0.1) is 18.0 Å². The van der Waals surface area contributed by atoms with Crippen LogP contribution in [0.1, 0.15) is 25.0 Å². The van der Waals surface area contributed by atoms with E-state index in [-0.39, 0.29) is 26.5 Å². The Morgan fingerprint density at radius 3 is 1.93 bits per heavy atom. The minimum atomic E-state index is -0.384. The summed E-state index contributed by atoms with van der Waals surface area (Å²) in [7, 11) is 2.14. The number of hydrogen-bond donors (Lipinski definition) is 0. The first kappa shape index (κ1) is 36.4. The van der Waals surface area contributed by atoms with Gasteiger partial charge in [-0.05, 0) is 74.5 Å². The first-order chi connectivity index (χ1) is 27.5. The van der Waals surface area contributed by atoms with Crippen LogP contribution in [-0.4, -0.2) is 23.3 Å². The van der Waals surface area contributed by atoms with Crippen molar-refractivity contribution in [2.45, 2.75) is 19.3 Å². The normalized spacial score (nSPS) is 12.5. The summed E-state index contributed by atoms with van der Waals surface area (Å²) in [5.41, 5.74) is 14.5. The van der Waals surface area contributed by atoms with Gasteiger partial charge >= 0.3 is 21.1 Å². The molecule has 57 heavy (non-hydrogen) atoms. The van der Waals surface area contributed by atoms with Crippen molar-refractivity contribution in [1.29, 1.82) is 0 Å². The molecule has 0 fully saturated rings. The molecule has 0 bridgehead atoms. The number of fused-ring (bicyclic) bond motifs is 4. The molecule has 1 aliphatic heterocycles. The maximum absolute atomic E-state index is 5.07. The Morgan fingerprint density at radius 1 is 0.561 bits per heavy atom. The van der Waals surface area contributed by atoms with Gasteiger partial charge in [-0.25, -0.2) is 4.98 Å². The monoisotopic (exact) mass is 915 g/mol. The predicted molar refractivity (Wildman–Crippen MR) is 233 cm³/mol. The number of pyridine rings is 1. The van der Waals surface area contributed by atoms with E-state index >= 15 is 0 Å². The molecule has 0 unspecified atom stereocenters. The Labute approximate surface area is 349 Å². The smallest absolute Gasteiger partial charge is 0.355 e. The quantitative estimate of drug-likeness (QED) is 0.149. The summed E-state index contributed by atoms with van der Waals surface area (Å²) in [4.78, 5) is 9.70. The second-order valence-electron chi connectivity index (χ2n) is 15.2. The van der Waals surface area contributed by atoms with Crippen LogP contribution in [0.4, 0.5) is 17.1 Å². The number of aromatic nitrogens is 2. The van der Waals surface area contributed by atoms with Crippen molar-refractivity contribution >= 4 is 38.9 Å². The van der Waals surface area contributed by atoms with Crippen molar-refractivity contribution in [3.63, 3.8) is 0 Å². The van der Waals surface area contributed by atoms with Crippen LogP contribution in [0.3, 0.4) is 0 Å². The second-order valence-corrected chi connectivity index (χ2v) is 15.2. The number of para-hydroxylation sites is 3. The molecular formula is C52H40N4Pt. The van der Waals surface area contributed by atoms with Crippen LogP contribution >= 0.6 is 0 Å². The van der Waals surface area contributed by atoms with Gasteiger partial charge in [0.25, 0.3) is 0 Å². The van der Waals surface area contributed by atoms with Gasteiger partial charge < -0.3 is 14.4 Å². The maximum Gasteiger partial charge on any atom is 2.00 e. The number of anilines is 3. The van der Waals surface area contributed by atoms with E-state index in [2.05, 4.69) is 217 Å². The van der Waals surface area contributed by atoms with Crippen molar-refractivity contribution in [2.75, 3.05) is 23.5 Å². The van der Waals surface area contributed by atoms with Crippen molar-refractivity contribution in [3.8, 4) is 39.2 Å². The zero-order valence-corrected chi connectivity index (χ0v) is 34.3. The maximum atomic E-state index is 5.07. The number of hydrogen-bond acceptors (Lipinski definition) is 3. The minimum Gasteiger partial charge on any atom is -0.355 e. The largest absolute Gasteiger partial charge is 2.00 e. The number of rotatable bonds is 7. The number of nitrogens with zero attached hydrogens (tertiary/aromatic N) is 4. The molecule has 9 aromatic rings. The fourth-order valence-electron chi connectivity index (χ4n) is 8.48. The van der Waals surface area contributed by atoms with Gasteiger partial charge in [0, 0.05) is 18.8 Å². The summed E-state index contributed by atoms with van der Waals surface area (Å²) in [6.07, 6.45) is 1.95. The molecule has 5 heteroatoms. The molecule has 0 amide bonds. The van der Waals surface area contributed by atoms with E-state index in [1.54, 1.807) is 0 Å². The Hall–Kier alpha value is -6.22. The number of benzene rings is 7. The summed E-state index contributed by atoms with van der Waals surface area (Å²) < 4.78 is 2.29. The zero-order valence-electron chi connectivity index (χ0n) is 32.1. The first-order valence-electron chi connectivity index (χ1n) is 19.2. The van der Waals surface area contributed by atoms with Crippen LogP contribution in [0.5, 0.6) is 0 Å². The van der Waals surface area contributed by atoms with E-state index in [1.807, 2.05) is 6.20 Å². The van der Waals surface area contributed by atoms with E-state index in [0.717, 1.165) is 51.3 Å². The standard InChI is InChI=1S/C52H40N4.Pt/c1-52(2,39-20-14-21-41(33-39)55-35-54(3)47-26-12-13-27-48(47)55)40-28-29-45-44-22-10-11-25-46(44)56(49(45)34-40)50-32-38(30-31-53-50)51-42(36-16-6-4-7-17-36)23-15-24-43(51)37-18-8-5-9-19-37;/h4-32H,35H2,1-3H3;/q-2;+2. The average Bonchev–Trinajstić information content (AvgIpc) is 3.78. The first-order valence-corrected chi connectivity index (χ1v) is 19.2. The van der Waals surface area contributed by atoms with E-state index in [9.17, 15) is 0 Å². The topological polar surface area (TPSA) is 24.3 Å². The van der Waals surface area contributed by atoms with Gasteiger partial charge in [0.1, 0.15) is 5.82 Å². The molecule has 10 rings (SSSR count). The van der Waals surface area contributed by atoms with Gasteiger partial charge in [-0.3, -0.25) is 0 Å². The molecule has 2 aromatic heterocycles. The SMILES string of the molecule is CN1CN(c2[c-]c(C(C)(C)c3[c-]c4c(cc3)c3ccccc3n4-c3cc(-c4c(-c5ccccc5)cccc4-c4ccccc4)ccn3)ccc2)c2ccccc21.[Pt+2]. The van der Waals surface area contributed by atoms with Gasteiger partial charge in [-0.1, -0.05) is 134 Å². The van der Waals surface area contributed by atoms with E-state index in [4.69, 9.17) is 4.98 Å². The van der Waals surface area contributed by atoms with Crippen LogP contribution in [0.2, 0.25) is 0 Å². The molecule has 0 atom stereocenters. The van der Waals surface area contributed by atoms with Crippen LogP contribution < -0.4 is 9.80 Å². The molecule has 0 radical (unpaired) electrons. The third kappa shape index (κ3) is 6.26. The van der Waals surface area contributed by atoms with Crippen molar-refractivity contribution < 1.29 is 21.1 Å². The van der Waals surface area contributed by atoms with Gasteiger partial charge in [-0.15, -0.1) is 11.5 Å². The second kappa shape index (κ2) is 14.7. The summed E-state index contributed by atoms with van der Waals surface area (Å²) in [6, 6.07) is 68.4. The zero-order chi connectivity index (χ0) is 37.8. The van der Waals surface area contributed by atoms with Crippen LogP contribution in [0.25, 0.3) is 61.0 Å². The molecule has 278 valence electrons. The van der Waals surface area contributed by atoms with Crippen LogP contribution in [-0.2, 0) is 26.5 Å². The summed E-state index contributed by atoms with van der Waals surface area (Å²) in [5.74, 6) is 0.854. The third-order valence-electron chi connectivity index (χ3n) is 11.4. The molecule has 4 nitrogen and oxygen atoms in total. The van der Waals surface area contributed by atoms with Gasteiger partial charge in [-0.2, -0.15) is 47.5 Å². The van der Waals surface area contributed by atoms with E-state index < -0.39 is 0 Å². The molecule has 1 aliphatic rings. The molecule has 0 spiro atoms. The molecule has 0 saturated heterocycles. The fraction of sp³-hybridized carbons (Fsp3) is 0.0962. The third-order valence-corrected chi connectivity index (χ3v) is 11.4.